The first kappa shape index (κ1) is 13.5. The van der Waals surface area contributed by atoms with Crippen molar-refractivity contribution in [1.29, 1.82) is 0 Å². The number of methoxy groups -OCH3 is 1. The molecule has 1 N–H and O–H groups in total. The number of nitrogens with zero attached hydrogens (tertiary/aromatic N) is 2. The van der Waals surface area contributed by atoms with Crippen LogP contribution in [0.25, 0.3) is 0 Å². The van der Waals surface area contributed by atoms with E-state index in [1.54, 1.807) is 7.11 Å². The van der Waals surface area contributed by atoms with Crippen LogP contribution in [0.3, 0.4) is 0 Å². The van der Waals surface area contributed by atoms with Crippen LogP contribution in [0, 0.1) is 0 Å². The van der Waals surface area contributed by atoms with Gasteiger partial charge in [0.1, 0.15) is 0 Å². The molecule has 2 rings (SSSR count). The van der Waals surface area contributed by atoms with Crippen molar-refractivity contribution in [2.24, 2.45) is 0 Å². The first-order valence-corrected chi connectivity index (χ1v) is 6.50. The molecule has 0 aliphatic carbocycles. The van der Waals surface area contributed by atoms with Crippen molar-refractivity contribution < 1.29 is 14.0 Å². The van der Waals surface area contributed by atoms with Gasteiger partial charge in [-0.1, -0.05) is 5.16 Å². The number of hydrogen-bond donors (Lipinski definition) is 1. The van der Waals surface area contributed by atoms with Crippen LogP contribution in [0.2, 0.25) is 0 Å². The van der Waals surface area contributed by atoms with Crippen molar-refractivity contribution in [2.75, 3.05) is 40.0 Å². The number of hydrogen-bond acceptors (Lipinski definition) is 6. The zero-order valence-electron chi connectivity index (χ0n) is 10.9. The lowest BCUT2D eigenvalue weighted by molar-refractivity contribution is 0.0714. The van der Waals surface area contributed by atoms with Crippen molar-refractivity contribution in [3.05, 3.63) is 11.7 Å². The molecule has 2 heterocycles. The van der Waals surface area contributed by atoms with Crippen LogP contribution < -0.4 is 5.32 Å². The summed E-state index contributed by atoms with van der Waals surface area (Å²) in [6, 6.07) is 0. The Morgan fingerprint density at radius 1 is 1.39 bits per heavy atom. The molecule has 102 valence electrons. The third-order valence-corrected chi connectivity index (χ3v) is 3.03. The SMILES string of the molecule is COCCOCCc1noc([C@@H]2CCCNC2)n1. The van der Waals surface area contributed by atoms with Gasteiger partial charge < -0.3 is 19.3 Å². The second kappa shape index (κ2) is 7.45. The van der Waals surface area contributed by atoms with Crippen LogP contribution in [0.4, 0.5) is 0 Å². The third-order valence-electron chi connectivity index (χ3n) is 3.03. The summed E-state index contributed by atoms with van der Waals surface area (Å²) in [4.78, 5) is 4.42. The minimum absolute atomic E-state index is 0.370. The Kier molecular flexibility index (Phi) is 5.57. The molecule has 1 aromatic heterocycles. The molecule has 1 fully saturated rings. The summed E-state index contributed by atoms with van der Waals surface area (Å²) in [5, 5.41) is 7.33. The van der Waals surface area contributed by atoms with E-state index in [2.05, 4.69) is 15.5 Å². The quantitative estimate of drug-likeness (QED) is 0.725. The third kappa shape index (κ3) is 4.04. The molecule has 0 amide bonds. The molecular weight excluding hydrogens is 234 g/mol. The topological polar surface area (TPSA) is 69.4 Å². The van der Waals surface area contributed by atoms with Crippen LogP contribution in [-0.4, -0.2) is 50.2 Å². The predicted octanol–water partition coefficient (Wildman–Crippen LogP) is 0.742. The predicted molar refractivity (Wildman–Crippen MR) is 65.5 cm³/mol. The molecule has 1 aliphatic heterocycles. The summed E-state index contributed by atoms with van der Waals surface area (Å²) in [5.74, 6) is 1.86. The maximum atomic E-state index is 5.37. The Morgan fingerprint density at radius 2 is 2.33 bits per heavy atom. The minimum Gasteiger partial charge on any atom is -0.382 e. The standard InChI is InChI=1S/C12H21N3O3/c1-16-7-8-17-6-4-11-14-12(18-15-11)10-3-2-5-13-9-10/h10,13H,2-9H2,1H3/t10-/m1/s1. The van der Waals surface area contributed by atoms with Gasteiger partial charge in [-0.15, -0.1) is 0 Å². The van der Waals surface area contributed by atoms with E-state index < -0.39 is 0 Å². The minimum atomic E-state index is 0.370. The molecule has 1 atom stereocenters. The van der Waals surface area contributed by atoms with Gasteiger partial charge in [0.15, 0.2) is 5.82 Å². The second-order valence-electron chi connectivity index (χ2n) is 4.45. The number of aromatic nitrogens is 2. The smallest absolute Gasteiger partial charge is 0.231 e. The van der Waals surface area contributed by atoms with E-state index in [1.807, 2.05) is 0 Å². The fraction of sp³-hybridized carbons (Fsp3) is 0.833. The monoisotopic (exact) mass is 255 g/mol. The first-order valence-electron chi connectivity index (χ1n) is 6.50. The van der Waals surface area contributed by atoms with Crippen LogP contribution in [0.5, 0.6) is 0 Å². The number of piperidine rings is 1. The van der Waals surface area contributed by atoms with Gasteiger partial charge in [-0.05, 0) is 19.4 Å². The molecule has 0 saturated carbocycles. The van der Waals surface area contributed by atoms with Gasteiger partial charge in [0, 0.05) is 20.1 Å². The maximum Gasteiger partial charge on any atom is 0.231 e. The molecule has 0 bridgehead atoms. The zero-order valence-corrected chi connectivity index (χ0v) is 10.9. The Morgan fingerprint density at radius 3 is 3.11 bits per heavy atom. The summed E-state index contributed by atoms with van der Waals surface area (Å²) in [6.45, 7) is 3.85. The van der Waals surface area contributed by atoms with Gasteiger partial charge in [0.05, 0.1) is 25.7 Å². The molecule has 0 spiro atoms. The van der Waals surface area contributed by atoms with E-state index >= 15 is 0 Å². The van der Waals surface area contributed by atoms with Crippen molar-refractivity contribution in [1.82, 2.24) is 15.5 Å². The number of ether oxygens (including phenoxy) is 2. The first-order chi connectivity index (χ1) is 8.90. The normalized spacial score (nSPS) is 20.2. The Bertz CT molecular complexity index is 337. The molecule has 0 unspecified atom stereocenters. The molecule has 1 saturated heterocycles. The van der Waals surface area contributed by atoms with Crippen molar-refractivity contribution in [3.63, 3.8) is 0 Å². The molecule has 18 heavy (non-hydrogen) atoms. The van der Waals surface area contributed by atoms with Crippen LogP contribution in [0.1, 0.15) is 30.5 Å². The maximum absolute atomic E-state index is 5.37. The Labute approximate surface area is 107 Å². The molecule has 0 aromatic carbocycles. The fourth-order valence-corrected chi connectivity index (χ4v) is 2.01. The molecule has 1 aromatic rings. The number of rotatable bonds is 7. The Balaban J connectivity index is 1.72. The summed E-state index contributed by atoms with van der Waals surface area (Å²) in [7, 11) is 1.66. The van der Waals surface area contributed by atoms with Gasteiger partial charge in [-0.3, -0.25) is 0 Å². The molecule has 6 nitrogen and oxygen atoms in total. The highest BCUT2D eigenvalue weighted by molar-refractivity contribution is 4.96. The second-order valence-corrected chi connectivity index (χ2v) is 4.45. The van der Waals surface area contributed by atoms with E-state index in [4.69, 9.17) is 14.0 Å². The van der Waals surface area contributed by atoms with Gasteiger partial charge in [-0.2, -0.15) is 4.98 Å². The summed E-state index contributed by atoms with van der Waals surface area (Å²) in [5.41, 5.74) is 0. The molecular formula is C12H21N3O3. The van der Waals surface area contributed by atoms with E-state index in [9.17, 15) is 0 Å². The van der Waals surface area contributed by atoms with Crippen molar-refractivity contribution in [2.45, 2.75) is 25.2 Å². The van der Waals surface area contributed by atoms with Gasteiger partial charge in [-0.25, -0.2) is 0 Å². The molecule has 1 aliphatic rings. The highest BCUT2D eigenvalue weighted by atomic mass is 16.5. The largest absolute Gasteiger partial charge is 0.382 e. The van der Waals surface area contributed by atoms with Crippen molar-refractivity contribution >= 4 is 0 Å². The molecule has 0 radical (unpaired) electrons. The fourth-order valence-electron chi connectivity index (χ4n) is 2.01. The van der Waals surface area contributed by atoms with E-state index in [1.165, 1.54) is 6.42 Å². The lowest BCUT2D eigenvalue weighted by atomic mass is 10.00. The van der Waals surface area contributed by atoms with Crippen LogP contribution >= 0.6 is 0 Å². The average molecular weight is 255 g/mol. The highest BCUT2D eigenvalue weighted by Crippen LogP contribution is 2.21. The summed E-state index contributed by atoms with van der Waals surface area (Å²) < 4.78 is 15.6. The van der Waals surface area contributed by atoms with E-state index in [0.717, 1.165) is 31.2 Å². The lowest BCUT2D eigenvalue weighted by Gasteiger charge is -2.18. The van der Waals surface area contributed by atoms with Gasteiger partial charge in [0.2, 0.25) is 5.89 Å². The Hall–Kier alpha value is -0.980. The summed E-state index contributed by atoms with van der Waals surface area (Å²) in [6.07, 6.45) is 2.98. The lowest BCUT2D eigenvalue weighted by Crippen LogP contribution is -2.28. The van der Waals surface area contributed by atoms with E-state index in [-0.39, 0.29) is 0 Å². The highest BCUT2D eigenvalue weighted by Gasteiger charge is 2.21. The van der Waals surface area contributed by atoms with Crippen LogP contribution in [-0.2, 0) is 15.9 Å². The van der Waals surface area contributed by atoms with Crippen LogP contribution in [0.15, 0.2) is 4.52 Å². The van der Waals surface area contributed by atoms with Gasteiger partial charge >= 0.3 is 0 Å². The summed E-state index contributed by atoms with van der Waals surface area (Å²) >= 11 is 0. The van der Waals surface area contributed by atoms with Crippen molar-refractivity contribution in [3.8, 4) is 0 Å². The van der Waals surface area contributed by atoms with E-state index in [0.29, 0.717) is 32.2 Å². The number of nitrogens with one attached hydrogen (secondary N) is 1. The zero-order chi connectivity index (χ0) is 12.6. The van der Waals surface area contributed by atoms with Gasteiger partial charge in [0.25, 0.3) is 0 Å². The average Bonchev–Trinajstić information content (AvgIpc) is 2.88. The molecule has 6 heteroatoms.